The van der Waals surface area contributed by atoms with Crippen LogP contribution in [0.3, 0.4) is 0 Å². The summed E-state index contributed by atoms with van der Waals surface area (Å²) in [6.07, 6.45) is 0. The first-order valence-corrected chi connectivity index (χ1v) is 3.84. The molecular formula is C6H14INOS. The largest absolute Gasteiger partial charge is 1.00 e. The van der Waals surface area contributed by atoms with Crippen LogP contribution >= 0.6 is 11.8 Å². The molecule has 0 aliphatic carbocycles. The Morgan fingerprint density at radius 1 is 1.60 bits per heavy atom. The van der Waals surface area contributed by atoms with Crippen molar-refractivity contribution in [1.82, 2.24) is 0 Å². The highest BCUT2D eigenvalue weighted by Crippen LogP contribution is 1.97. The molecule has 0 aliphatic heterocycles. The van der Waals surface area contributed by atoms with E-state index in [0.29, 0.717) is 0 Å². The average Bonchev–Trinajstić information content (AvgIpc) is 1.59. The number of halogens is 1. The van der Waals surface area contributed by atoms with E-state index in [9.17, 15) is 4.79 Å². The average molecular weight is 276 g/mol. The van der Waals surface area contributed by atoms with Crippen LogP contribution in [-0.2, 0) is 4.79 Å². The fraction of sp³-hybridized carbons (Fsp3) is 0.833. The molecule has 2 nitrogen and oxygen atoms in total. The van der Waals surface area contributed by atoms with E-state index in [1.807, 2.05) is 0 Å². The minimum atomic E-state index is -0.534. The van der Waals surface area contributed by atoms with Crippen molar-refractivity contribution in [2.75, 3.05) is 33.4 Å². The quantitative estimate of drug-likeness (QED) is 0.325. The summed E-state index contributed by atoms with van der Waals surface area (Å²) in [5.41, 5.74) is -0.534. The fourth-order valence-corrected chi connectivity index (χ4v) is 1.08. The molecule has 0 aliphatic rings. The number of carbonyl (C=O) groups is 1. The summed E-state index contributed by atoms with van der Waals surface area (Å²) in [7, 11) is 6.19. The van der Waals surface area contributed by atoms with Crippen molar-refractivity contribution in [1.29, 1.82) is 0 Å². The molecule has 0 fully saturated rings. The summed E-state index contributed by atoms with van der Waals surface area (Å²) in [5.74, 6) is 0.742. The molecule has 0 unspecified atom stereocenters. The third-order valence-electron chi connectivity index (χ3n) is 0.923. The van der Waals surface area contributed by atoms with Crippen molar-refractivity contribution < 1.29 is 34.6 Å². The molecular weight excluding hydrogens is 261 g/mol. The Labute approximate surface area is 85.4 Å². The zero-order chi connectivity index (χ0) is 8.20. The summed E-state index contributed by atoms with van der Waals surface area (Å²) < 4.78 is 7.45. The van der Waals surface area contributed by atoms with Crippen molar-refractivity contribution in [3.05, 3.63) is 0 Å². The van der Waals surface area contributed by atoms with Gasteiger partial charge in [-0.25, -0.2) is 0 Å². The van der Waals surface area contributed by atoms with Crippen LogP contribution in [0.4, 0.5) is 0 Å². The van der Waals surface area contributed by atoms with Crippen LogP contribution in [0.1, 0.15) is 1.37 Å². The Morgan fingerprint density at radius 3 is 2.40 bits per heavy atom. The second kappa shape index (κ2) is 6.42. The van der Waals surface area contributed by atoms with Crippen LogP contribution in [0.25, 0.3) is 0 Å². The van der Waals surface area contributed by atoms with E-state index in [1.165, 1.54) is 0 Å². The van der Waals surface area contributed by atoms with Gasteiger partial charge in [0, 0.05) is 5.75 Å². The van der Waals surface area contributed by atoms with Crippen LogP contribution in [0.5, 0.6) is 0 Å². The van der Waals surface area contributed by atoms with E-state index >= 15 is 0 Å². The number of rotatable bonds is 3. The van der Waals surface area contributed by atoms with Crippen molar-refractivity contribution in [2.24, 2.45) is 0 Å². The second-order valence-corrected chi connectivity index (χ2v) is 3.81. The van der Waals surface area contributed by atoms with Gasteiger partial charge in [0.15, 0.2) is 5.59 Å². The predicted octanol–water partition coefficient (Wildman–Crippen LogP) is -2.38. The van der Waals surface area contributed by atoms with E-state index < -0.39 is 5.59 Å². The van der Waals surface area contributed by atoms with Gasteiger partial charge in [-0.05, 0) is 0 Å². The van der Waals surface area contributed by atoms with E-state index in [0.717, 1.165) is 28.5 Å². The third-order valence-corrected chi connectivity index (χ3v) is 1.43. The van der Waals surface area contributed by atoms with Gasteiger partial charge in [0.1, 0.15) is 1.37 Å². The molecule has 0 rings (SSSR count). The summed E-state index contributed by atoms with van der Waals surface area (Å²) in [4.78, 5) is 10.2. The summed E-state index contributed by atoms with van der Waals surface area (Å²) >= 11 is 1.07. The van der Waals surface area contributed by atoms with Gasteiger partial charge < -0.3 is 28.5 Å². The predicted molar refractivity (Wildman–Crippen MR) is 42.1 cm³/mol. The summed E-state index contributed by atoms with van der Waals surface area (Å²) in [6, 6.07) is 0. The Bertz CT molecular complexity index is 126. The minimum absolute atomic E-state index is 0. The first-order chi connectivity index (χ1) is 4.42. The standard InChI is InChI=1S/C6H14NOS.HI/c1-7(2,3)4-5-9-6-8;/h6H,4-5H2,1-3H3;1H/q+1;/p-1/i6D;. The molecule has 10 heavy (non-hydrogen) atoms. The molecule has 0 aromatic carbocycles. The van der Waals surface area contributed by atoms with Crippen LogP contribution in [-0.4, -0.2) is 43.5 Å². The van der Waals surface area contributed by atoms with Gasteiger partial charge in [-0.2, -0.15) is 0 Å². The van der Waals surface area contributed by atoms with Crippen LogP contribution in [0, 0.1) is 0 Å². The smallest absolute Gasteiger partial charge is 0.176 e. The second-order valence-electron chi connectivity index (χ2n) is 2.95. The molecule has 0 saturated heterocycles. The molecule has 62 valence electrons. The van der Waals surface area contributed by atoms with Crippen LogP contribution in [0.15, 0.2) is 0 Å². The van der Waals surface area contributed by atoms with E-state index in [1.54, 1.807) is 0 Å². The number of hydrogen-bond donors (Lipinski definition) is 0. The van der Waals surface area contributed by atoms with Gasteiger partial charge >= 0.3 is 0 Å². The van der Waals surface area contributed by atoms with E-state index in [4.69, 9.17) is 1.37 Å². The lowest BCUT2D eigenvalue weighted by Gasteiger charge is -2.22. The Morgan fingerprint density at radius 2 is 2.10 bits per heavy atom. The van der Waals surface area contributed by atoms with Crippen molar-refractivity contribution in [3.8, 4) is 0 Å². The van der Waals surface area contributed by atoms with Crippen molar-refractivity contribution in [3.63, 3.8) is 0 Å². The van der Waals surface area contributed by atoms with Gasteiger partial charge in [0.05, 0.1) is 27.7 Å². The maximum atomic E-state index is 10.2. The normalized spacial score (nSPS) is 11.7. The number of carbonyl (C=O) groups excluding carboxylic acids is 1. The highest BCUT2D eigenvalue weighted by atomic mass is 127. The van der Waals surface area contributed by atoms with Crippen LogP contribution in [0.2, 0.25) is 0 Å². The van der Waals surface area contributed by atoms with Gasteiger partial charge in [0.25, 0.3) is 0 Å². The molecule has 0 radical (unpaired) electrons. The molecule has 0 atom stereocenters. The molecule has 0 bridgehead atoms. The Kier molecular flexibility index (Phi) is 6.88. The van der Waals surface area contributed by atoms with Gasteiger partial charge in [-0.3, -0.25) is 4.79 Å². The third kappa shape index (κ3) is 11.5. The Hall–Kier alpha value is 0.710. The molecule has 0 heterocycles. The zero-order valence-electron chi connectivity index (χ0n) is 7.56. The summed E-state index contributed by atoms with van der Waals surface area (Å²) in [6.45, 7) is 0.926. The fourth-order valence-electron chi connectivity index (χ4n) is 0.361. The lowest BCUT2D eigenvalue weighted by molar-refractivity contribution is -0.867. The number of quaternary nitrogens is 1. The molecule has 0 amide bonds. The first kappa shape index (κ1) is 10.7. The number of hydrogen-bond acceptors (Lipinski definition) is 2. The number of nitrogens with zero attached hydrogens (tertiary/aromatic N) is 1. The van der Waals surface area contributed by atoms with E-state index in [-0.39, 0.29) is 24.0 Å². The first-order valence-electron chi connectivity index (χ1n) is 3.35. The molecule has 0 aromatic rings. The maximum absolute atomic E-state index is 10.2. The van der Waals surface area contributed by atoms with E-state index in [2.05, 4.69) is 21.1 Å². The SMILES string of the molecule is [2H]C(=O)SCC[N+](C)(C)C.[I-]. The summed E-state index contributed by atoms with van der Waals surface area (Å²) in [5, 5.41) is 0. The lowest BCUT2D eigenvalue weighted by Crippen LogP contribution is -3.00. The monoisotopic (exact) mass is 276 g/mol. The zero-order valence-corrected chi connectivity index (χ0v) is 9.53. The molecule has 0 N–H and O–H groups in total. The highest BCUT2D eigenvalue weighted by Gasteiger charge is 2.04. The van der Waals surface area contributed by atoms with Crippen molar-refractivity contribution >= 4 is 17.4 Å². The van der Waals surface area contributed by atoms with Gasteiger partial charge in [-0.1, -0.05) is 11.8 Å². The Balaban J connectivity index is 0. The van der Waals surface area contributed by atoms with Crippen LogP contribution < -0.4 is 24.0 Å². The number of thioether (sulfide) groups is 1. The molecule has 4 heteroatoms. The molecule has 0 saturated carbocycles. The lowest BCUT2D eigenvalue weighted by atomic mass is 10.6. The topological polar surface area (TPSA) is 17.1 Å². The molecule has 0 aromatic heterocycles. The van der Waals surface area contributed by atoms with Crippen molar-refractivity contribution in [2.45, 2.75) is 0 Å². The molecule has 0 spiro atoms. The maximum Gasteiger partial charge on any atom is 0.176 e. The highest BCUT2D eigenvalue weighted by molar-refractivity contribution is 8.11. The van der Waals surface area contributed by atoms with Gasteiger partial charge in [-0.15, -0.1) is 0 Å². The minimum Gasteiger partial charge on any atom is -1.00 e. The van der Waals surface area contributed by atoms with Gasteiger partial charge in [0.2, 0.25) is 0 Å².